The van der Waals surface area contributed by atoms with E-state index in [2.05, 4.69) is 15.3 Å². The lowest BCUT2D eigenvalue weighted by atomic mass is 9.95. The SMILES string of the molecule is N#C[C@H](c1nc2ccccc2nc1NC1CCCCC1)S(=O)(=O)c1ccc(F)cc1. The summed E-state index contributed by atoms with van der Waals surface area (Å²) in [6.45, 7) is 0. The number of aromatic nitrogens is 2. The molecule has 0 aliphatic heterocycles. The summed E-state index contributed by atoms with van der Waals surface area (Å²) in [5, 5.41) is 11.6. The third-order valence-electron chi connectivity index (χ3n) is 5.36. The van der Waals surface area contributed by atoms with Crippen molar-refractivity contribution in [2.24, 2.45) is 0 Å². The summed E-state index contributed by atoms with van der Waals surface area (Å²) in [6.07, 6.45) is 5.26. The van der Waals surface area contributed by atoms with Crippen LogP contribution in [0.4, 0.5) is 10.2 Å². The first kappa shape index (κ1) is 20.2. The zero-order chi connectivity index (χ0) is 21.1. The number of halogens is 1. The summed E-state index contributed by atoms with van der Waals surface area (Å²) in [6, 6.07) is 13.6. The van der Waals surface area contributed by atoms with Gasteiger partial charge in [-0.05, 0) is 49.2 Å². The Balaban J connectivity index is 1.82. The summed E-state index contributed by atoms with van der Waals surface area (Å²) >= 11 is 0. The largest absolute Gasteiger partial charge is 0.366 e. The molecule has 1 aliphatic carbocycles. The second kappa shape index (κ2) is 8.36. The van der Waals surface area contributed by atoms with Crippen LogP contribution in [-0.2, 0) is 9.84 Å². The van der Waals surface area contributed by atoms with Gasteiger partial charge < -0.3 is 5.32 Å². The first-order valence-electron chi connectivity index (χ1n) is 9.91. The van der Waals surface area contributed by atoms with Crippen molar-refractivity contribution in [3.05, 3.63) is 60.0 Å². The van der Waals surface area contributed by atoms with Crippen molar-refractivity contribution in [1.82, 2.24) is 9.97 Å². The Hall–Kier alpha value is -3.05. The molecular weight excluding hydrogens is 403 g/mol. The van der Waals surface area contributed by atoms with Crippen molar-refractivity contribution < 1.29 is 12.8 Å². The van der Waals surface area contributed by atoms with E-state index in [-0.39, 0.29) is 16.6 Å². The number of benzene rings is 2. The highest BCUT2D eigenvalue weighted by atomic mass is 32.2. The second-order valence-corrected chi connectivity index (χ2v) is 9.47. The molecule has 3 aromatic rings. The maximum Gasteiger partial charge on any atom is 0.200 e. The molecule has 6 nitrogen and oxygen atoms in total. The van der Waals surface area contributed by atoms with Gasteiger partial charge in [0.25, 0.3) is 0 Å². The molecule has 0 saturated heterocycles. The number of nitriles is 1. The van der Waals surface area contributed by atoms with Crippen molar-refractivity contribution >= 4 is 26.7 Å². The number of nitrogens with one attached hydrogen (secondary N) is 1. The Morgan fingerprint density at radius 1 is 1.00 bits per heavy atom. The summed E-state index contributed by atoms with van der Waals surface area (Å²) in [7, 11) is -4.12. The van der Waals surface area contributed by atoms with Gasteiger partial charge in [-0.25, -0.2) is 22.8 Å². The van der Waals surface area contributed by atoms with Crippen LogP contribution < -0.4 is 5.32 Å². The Bertz CT molecular complexity index is 1200. The Labute approximate surface area is 174 Å². The van der Waals surface area contributed by atoms with E-state index in [4.69, 9.17) is 0 Å². The van der Waals surface area contributed by atoms with E-state index < -0.39 is 20.9 Å². The zero-order valence-corrected chi connectivity index (χ0v) is 17.1. The van der Waals surface area contributed by atoms with E-state index in [9.17, 15) is 18.1 Å². The van der Waals surface area contributed by atoms with Gasteiger partial charge in [0.15, 0.2) is 11.1 Å². The van der Waals surface area contributed by atoms with Gasteiger partial charge in [-0.1, -0.05) is 31.4 Å². The molecule has 154 valence electrons. The van der Waals surface area contributed by atoms with E-state index in [0.717, 1.165) is 49.9 Å². The van der Waals surface area contributed by atoms with E-state index in [0.29, 0.717) is 16.9 Å². The molecule has 1 aromatic heterocycles. The van der Waals surface area contributed by atoms with Crippen LogP contribution in [0.15, 0.2) is 53.4 Å². The van der Waals surface area contributed by atoms with Crippen LogP contribution in [0.2, 0.25) is 0 Å². The molecule has 1 aliphatic rings. The molecule has 4 rings (SSSR count). The summed E-state index contributed by atoms with van der Waals surface area (Å²) in [4.78, 5) is 9.00. The highest BCUT2D eigenvalue weighted by Crippen LogP contribution is 2.33. The highest BCUT2D eigenvalue weighted by Gasteiger charge is 2.34. The molecule has 1 N–H and O–H groups in total. The fourth-order valence-electron chi connectivity index (χ4n) is 3.78. The number of rotatable bonds is 5. The predicted molar refractivity (Wildman–Crippen MR) is 112 cm³/mol. The van der Waals surface area contributed by atoms with Gasteiger partial charge in [-0.2, -0.15) is 5.26 Å². The summed E-state index contributed by atoms with van der Waals surface area (Å²) in [5.74, 6) is -0.231. The van der Waals surface area contributed by atoms with Crippen molar-refractivity contribution in [3.63, 3.8) is 0 Å². The van der Waals surface area contributed by atoms with Crippen molar-refractivity contribution in [1.29, 1.82) is 5.26 Å². The average molecular weight is 425 g/mol. The second-order valence-electron chi connectivity index (χ2n) is 7.43. The number of para-hydroxylation sites is 2. The minimum atomic E-state index is -4.12. The Kier molecular flexibility index (Phi) is 5.64. The zero-order valence-electron chi connectivity index (χ0n) is 16.3. The van der Waals surface area contributed by atoms with Crippen molar-refractivity contribution in [2.45, 2.75) is 48.3 Å². The molecule has 0 spiro atoms. The number of anilines is 1. The Morgan fingerprint density at radius 2 is 1.63 bits per heavy atom. The first-order chi connectivity index (χ1) is 14.5. The topological polar surface area (TPSA) is 95.7 Å². The molecule has 0 amide bonds. The van der Waals surface area contributed by atoms with Crippen LogP contribution in [0.25, 0.3) is 11.0 Å². The molecule has 0 unspecified atom stereocenters. The average Bonchev–Trinajstić information content (AvgIpc) is 2.75. The lowest BCUT2D eigenvalue weighted by Gasteiger charge is -2.25. The molecule has 0 radical (unpaired) electrons. The molecule has 1 atom stereocenters. The third-order valence-corrected chi connectivity index (χ3v) is 7.24. The van der Waals surface area contributed by atoms with Crippen LogP contribution in [0.1, 0.15) is 43.0 Å². The maximum atomic E-state index is 13.3. The molecule has 30 heavy (non-hydrogen) atoms. The van der Waals surface area contributed by atoms with Crippen molar-refractivity contribution in [3.8, 4) is 6.07 Å². The number of hydrogen-bond donors (Lipinski definition) is 1. The van der Waals surface area contributed by atoms with Crippen LogP contribution in [0, 0.1) is 17.1 Å². The Morgan fingerprint density at radius 3 is 2.27 bits per heavy atom. The third kappa shape index (κ3) is 3.98. The maximum absolute atomic E-state index is 13.3. The number of sulfone groups is 1. The van der Waals surface area contributed by atoms with E-state index >= 15 is 0 Å². The standard InChI is InChI=1S/C22H21FN4O2S/c23-15-10-12-17(13-11-15)30(28,29)20(14-24)21-22(25-16-6-2-1-3-7-16)27-19-9-5-4-8-18(19)26-21/h4-5,8-13,16,20H,1-3,6-7H2,(H,25,27)/t20-/m1/s1. The van der Waals surface area contributed by atoms with Gasteiger partial charge in [0, 0.05) is 6.04 Å². The summed E-state index contributed by atoms with van der Waals surface area (Å²) < 4.78 is 39.7. The van der Waals surface area contributed by atoms with Gasteiger partial charge in [0.1, 0.15) is 11.5 Å². The lowest BCUT2D eigenvalue weighted by molar-refractivity contribution is 0.461. The minimum absolute atomic E-state index is 0.0751. The number of fused-ring (bicyclic) bond motifs is 1. The quantitative estimate of drug-likeness (QED) is 0.604. The summed E-state index contributed by atoms with van der Waals surface area (Å²) in [5.41, 5.74) is 1.21. The number of hydrogen-bond acceptors (Lipinski definition) is 6. The normalized spacial score (nSPS) is 16.1. The van der Waals surface area contributed by atoms with Gasteiger partial charge in [-0.3, -0.25) is 0 Å². The monoisotopic (exact) mass is 424 g/mol. The van der Waals surface area contributed by atoms with E-state index in [1.165, 1.54) is 6.42 Å². The lowest BCUT2D eigenvalue weighted by Crippen LogP contribution is -2.25. The van der Waals surface area contributed by atoms with Gasteiger partial charge >= 0.3 is 0 Å². The molecule has 2 aromatic carbocycles. The fraction of sp³-hybridized carbons (Fsp3) is 0.318. The van der Waals surface area contributed by atoms with E-state index in [1.807, 2.05) is 12.1 Å². The number of nitrogens with zero attached hydrogens (tertiary/aromatic N) is 3. The van der Waals surface area contributed by atoms with Gasteiger partial charge in [0.2, 0.25) is 9.84 Å². The van der Waals surface area contributed by atoms with E-state index in [1.54, 1.807) is 18.2 Å². The first-order valence-corrected chi connectivity index (χ1v) is 11.5. The molecule has 1 saturated carbocycles. The van der Waals surface area contributed by atoms with Crippen molar-refractivity contribution in [2.75, 3.05) is 5.32 Å². The molecule has 8 heteroatoms. The fourth-order valence-corrected chi connectivity index (χ4v) is 5.17. The molecular formula is C22H21FN4O2S. The van der Waals surface area contributed by atoms with Crippen LogP contribution >= 0.6 is 0 Å². The van der Waals surface area contributed by atoms with Crippen LogP contribution in [-0.4, -0.2) is 24.4 Å². The molecule has 1 fully saturated rings. The van der Waals surface area contributed by atoms with Crippen LogP contribution in [0.5, 0.6) is 0 Å². The highest BCUT2D eigenvalue weighted by molar-refractivity contribution is 7.92. The van der Waals surface area contributed by atoms with Gasteiger partial charge in [0.05, 0.1) is 22.0 Å². The van der Waals surface area contributed by atoms with Gasteiger partial charge in [-0.15, -0.1) is 0 Å². The minimum Gasteiger partial charge on any atom is -0.366 e. The molecule has 0 bridgehead atoms. The smallest absolute Gasteiger partial charge is 0.200 e. The predicted octanol–water partition coefficient (Wildman–Crippen LogP) is 4.55. The molecule has 1 heterocycles. The van der Waals surface area contributed by atoms with Crippen LogP contribution in [0.3, 0.4) is 0 Å².